The Morgan fingerprint density at radius 3 is 2.61 bits per heavy atom. The van der Waals surface area contributed by atoms with Gasteiger partial charge in [0.1, 0.15) is 23.0 Å². The number of hydrogen-bond donors (Lipinski definition) is 3. The Labute approximate surface area is 250 Å². The summed E-state index contributed by atoms with van der Waals surface area (Å²) in [6, 6.07) is 5.80. The number of ether oxygens (including phenoxy) is 1. The molecule has 3 atom stereocenters. The maximum atomic E-state index is 14.1. The van der Waals surface area contributed by atoms with Gasteiger partial charge in [0.15, 0.2) is 17.3 Å². The standard InChI is InChI=1S/C30H31F2N5O7/c1-4-43-25(38)10-7-17(2)30(11-12-33-29(30)42)35-27(40)24(16-19-8-9-20(31)21(32)15-19)37-13-5-6-22(28(37)41)34-26(39)23-14-18(3)44-36-23/h5-10,13-15,17,24H,4,11-12,16H2,1-3H3,(H,33,42)(H,34,39)(H,35,40). The molecule has 1 aliphatic rings. The van der Waals surface area contributed by atoms with Crippen LogP contribution in [0.2, 0.25) is 0 Å². The fourth-order valence-electron chi connectivity index (χ4n) is 4.91. The second kappa shape index (κ2) is 13.4. The highest BCUT2D eigenvalue weighted by Gasteiger charge is 2.48. The molecule has 2 aromatic heterocycles. The summed E-state index contributed by atoms with van der Waals surface area (Å²) in [4.78, 5) is 65.3. The lowest BCUT2D eigenvalue weighted by Crippen LogP contribution is -2.59. The molecule has 1 saturated heterocycles. The minimum absolute atomic E-state index is 0.0765. The van der Waals surface area contributed by atoms with E-state index in [1.807, 2.05) is 0 Å². The predicted molar refractivity (Wildman–Crippen MR) is 152 cm³/mol. The van der Waals surface area contributed by atoms with Crippen molar-refractivity contribution < 1.29 is 37.2 Å². The van der Waals surface area contributed by atoms with Gasteiger partial charge in [0.05, 0.1) is 6.61 Å². The average Bonchev–Trinajstić information content (AvgIpc) is 3.59. The van der Waals surface area contributed by atoms with Crippen molar-refractivity contribution in [2.45, 2.75) is 45.2 Å². The van der Waals surface area contributed by atoms with E-state index in [-0.39, 0.29) is 42.9 Å². The van der Waals surface area contributed by atoms with Gasteiger partial charge >= 0.3 is 5.97 Å². The molecule has 3 heterocycles. The van der Waals surface area contributed by atoms with Crippen LogP contribution in [0.1, 0.15) is 48.1 Å². The summed E-state index contributed by atoms with van der Waals surface area (Å²) in [7, 11) is 0. The maximum absolute atomic E-state index is 14.1. The fourth-order valence-corrected chi connectivity index (χ4v) is 4.91. The number of carbonyl (C=O) groups is 4. The van der Waals surface area contributed by atoms with Crippen molar-refractivity contribution in [1.82, 2.24) is 20.4 Å². The predicted octanol–water partition coefficient (Wildman–Crippen LogP) is 2.59. The van der Waals surface area contributed by atoms with Gasteiger partial charge in [-0.05, 0) is 50.1 Å². The van der Waals surface area contributed by atoms with Crippen LogP contribution in [0.3, 0.4) is 0 Å². The Bertz CT molecular complexity index is 1670. The second-order valence-electron chi connectivity index (χ2n) is 10.2. The summed E-state index contributed by atoms with van der Waals surface area (Å²) in [6.07, 6.45) is 3.79. The van der Waals surface area contributed by atoms with E-state index in [2.05, 4.69) is 21.1 Å². The van der Waals surface area contributed by atoms with Gasteiger partial charge in [0.25, 0.3) is 11.5 Å². The third kappa shape index (κ3) is 6.90. The Morgan fingerprint density at radius 2 is 1.98 bits per heavy atom. The van der Waals surface area contributed by atoms with Crippen molar-refractivity contribution in [3.8, 4) is 0 Å². The lowest BCUT2D eigenvalue weighted by atomic mass is 9.82. The second-order valence-corrected chi connectivity index (χ2v) is 10.2. The number of nitrogens with one attached hydrogen (secondary N) is 3. The first-order chi connectivity index (χ1) is 20.9. The minimum Gasteiger partial charge on any atom is -0.463 e. The number of benzene rings is 1. The summed E-state index contributed by atoms with van der Waals surface area (Å²) in [5.74, 6) is -5.22. The van der Waals surface area contributed by atoms with Crippen molar-refractivity contribution in [1.29, 1.82) is 0 Å². The first-order valence-corrected chi connectivity index (χ1v) is 13.8. The number of rotatable bonds is 11. The van der Waals surface area contributed by atoms with E-state index in [4.69, 9.17) is 9.26 Å². The van der Waals surface area contributed by atoms with Gasteiger partial charge in [-0.25, -0.2) is 13.6 Å². The summed E-state index contributed by atoms with van der Waals surface area (Å²) in [6.45, 7) is 5.25. The molecule has 14 heteroatoms. The van der Waals surface area contributed by atoms with E-state index in [1.54, 1.807) is 20.8 Å². The quantitative estimate of drug-likeness (QED) is 0.220. The molecular weight excluding hydrogens is 580 g/mol. The number of aryl methyl sites for hydroxylation is 1. The Kier molecular flexibility index (Phi) is 9.71. The molecule has 0 aliphatic carbocycles. The molecule has 3 unspecified atom stereocenters. The van der Waals surface area contributed by atoms with Crippen LogP contribution in [0.4, 0.5) is 14.5 Å². The van der Waals surface area contributed by atoms with Gasteiger partial charge in [-0.2, -0.15) is 0 Å². The van der Waals surface area contributed by atoms with Crippen LogP contribution in [0, 0.1) is 24.5 Å². The number of aromatic nitrogens is 2. The zero-order valence-electron chi connectivity index (χ0n) is 24.2. The lowest BCUT2D eigenvalue weighted by Gasteiger charge is -2.34. The van der Waals surface area contributed by atoms with Crippen LogP contribution in [-0.2, 0) is 25.5 Å². The van der Waals surface area contributed by atoms with Crippen LogP contribution in [0.25, 0.3) is 0 Å². The number of anilines is 1. The van der Waals surface area contributed by atoms with Gasteiger partial charge < -0.3 is 29.8 Å². The first-order valence-electron chi connectivity index (χ1n) is 13.8. The third-order valence-corrected chi connectivity index (χ3v) is 7.28. The maximum Gasteiger partial charge on any atom is 0.330 e. The Balaban J connectivity index is 1.71. The SMILES string of the molecule is CCOC(=O)C=CC(C)C1(NC(=O)C(Cc2ccc(F)c(F)c2)n2cccc(NC(=O)c3cc(C)on3)c2=O)CCNC1=O. The van der Waals surface area contributed by atoms with Crippen molar-refractivity contribution in [3.63, 3.8) is 0 Å². The molecule has 0 radical (unpaired) electrons. The van der Waals surface area contributed by atoms with Gasteiger partial charge in [0.2, 0.25) is 11.8 Å². The van der Waals surface area contributed by atoms with Crippen LogP contribution in [0.15, 0.2) is 64.1 Å². The first kappa shape index (κ1) is 31.8. The minimum atomic E-state index is -1.51. The molecule has 4 rings (SSSR count). The van der Waals surface area contributed by atoms with Crippen LogP contribution >= 0.6 is 0 Å². The monoisotopic (exact) mass is 611 g/mol. The highest BCUT2D eigenvalue weighted by molar-refractivity contribution is 6.02. The molecular formula is C30H31F2N5O7. The number of amides is 3. The van der Waals surface area contributed by atoms with Gasteiger partial charge in [-0.15, -0.1) is 0 Å². The van der Waals surface area contributed by atoms with Crippen molar-refractivity contribution in [2.75, 3.05) is 18.5 Å². The van der Waals surface area contributed by atoms with Crippen LogP contribution in [-0.4, -0.2) is 52.1 Å². The van der Waals surface area contributed by atoms with Gasteiger partial charge in [-0.1, -0.05) is 24.2 Å². The molecule has 44 heavy (non-hydrogen) atoms. The average molecular weight is 612 g/mol. The van der Waals surface area contributed by atoms with Crippen LogP contribution in [0.5, 0.6) is 0 Å². The topological polar surface area (TPSA) is 162 Å². The molecule has 3 N–H and O–H groups in total. The summed E-state index contributed by atoms with van der Waals surface area (Å²) in [5.41, 5.74) is -2.38. The molecule has 1 aromatic carbocycles. The number of carbonyl (C=O) groups excluding carboxylic acids is 4. The molecule has 0 spiro atoms. The largest absolute Gasteiger partial charge is 0.463 e. The summed E-state index contributed by atoms with van der Waals surface area (Å²) in [5, 5.41) is 11.5. The zero-order valence-corrected chi connectivity index (χ0v) is 24.2. The van der Waals surface area contributed by atoms with E-state index in [1.165, 1.54) is 42.6 Å². The molecule has 3 aromatic rings. The molecule has 232 valence electrons. The Morgan fingerprint density at radius 1 is 1.20 bits per heavy atom. The van der Waals surface area contributed by atoms with Gasteiger partial charge in [0, 0.05) is 37.2 Å². The fraction of sp³-hybridized carbons (Fsp3) is 0.333. The number of esters is 1. The van der Waals surface area contributed by atoms with E-state index in [0.29, 0.717) is 5.76 Å². The van der Waals surface area contributed by atoms with E-state index in [9.17, 15) is 32.8 Å². The molecule has 12 nitrogen and oxygen atoms in total. The number of pyridine rings is 1. The summed E-state index contributed by atoms with van der Waals surface area (Å²) >= 11 is 0. The van der Waals surface area contributed by atoms with Crippen molar-refractivity contribution in [2.24, 2.45) is 5.92 Å². The molecule has 0 bridgehead atoms. The molecule has 1 aliphatic heterocycles. The van der Waals surface area contributed by atoms with E-state index in [0.717, 1.165) is 16.7 Å². The van der Waals surface area contributed by atoms with E-state index < -0.39 is 58.4 Å². The molecule has 1 fully saturated rings. The third-order valence-electron chi connectivity index (χ3n) is 7.28. The Hall–Kier alpha value is -5.14. The molecule has 0 saturated carbocycles. The van der Waals surface area contributed by atoms with Crippen molar-refractivity contribution >= 4 is 29.4 Å². The number of halogens is 2. The number of nitrogens with zero attached hydrogens (tertiary/aromatic N) is 2. The van der Waals surface area contributed by atoms with Crippen LogP contribution < -0.4 is 21.5 Å². The van der Waals surface area contributed by atoms with Crippen molar-refractivity contribution in [3.05, 3.63) is 93.8 Å². The smallest absolute Gasteiger partial charge is 0.330 e. The zero-order chi connectivity index (χ0) is 32.0. The highest BCUT2D eigenvalue weighted by atomic mass is 19.2. The lowest BCUT2D eigenvalue weighted by molar-refractivity contribution is -0.137. The number of hydrogen-bond acceptors (Lipinski definition) is 8. The normalized spacial score (nSPS) is 17.6. The van der Waals surface area contributed by atoms with Gasteiger partial charge in [-0.3, -0.25) is 19.2 Å². The molecule has 3 amide bonds. The summed E-state index contributed by atoms with van der Waals surface area (Å²) < 4.78 is 38.7. The van der Waals surface area contributed by atoms with E-state index >= 15 is 0 Å². The highest BCUT2D eigenvalue weighted by Crippen LogP contribution is 2.29.